The van der Waals surface area contributed by atoms with Crippen LogP contribution in [0.4, 0.5) is 0 Å². The lowest BCUT2D eigenvalue weighted by Crippen LogP contribution is -2.12. The molecule has 2 nitrogen and oxygen atoms in total. The Morgan fingerprint density at radius 2 is 1.88 bits per heavy atom. The van der Waals surface area contributed by atoms with Crippen LogP contribution in [-0.4, -0.2) is 9.97 Å². The summed E-state index contributed by atoms with van der Waals surface area (Å²) in [6.07, 6.45) is 4.28. The van der Waals surface area contributed by atoms with Crippen LogP contribution in [0.2, 0.25) is 10.4 Å². The predicted molar refractivity (Wildman–Crippen MR) is 71.6 cm³/mol. The molecule has 0 fully saturated rings. The smallest absolute Gasteiger partial charge is 0.217 e. The quantitative estimate of drug-likeness (QED) is 0.526. The Labute approximate surface area is 109 Å². The van der Waals surface area contributed by atoms with Crippen molar-refractivity contribution < 1.29 is 0 Å². The van der Waals surface area contributed by atoms with Gasteiger partial charge < -0.3 is 0 Å². The summed E-state index contributed by atoms with van der Waals surface area (Å²) in [7, 11) is 0. The molecule has 17 heavy (non-hydrogen) atoms. The van der Waals surface area contributed by atoms with Gasteiger partial charge in [-0.15, -0.1) is 0 Å². The first kappa shape index (κ1) is 11.0. The lowest BCUT2D eigenvalue weighted by atomic mass is 9.85. The van der Waals surface area contributed by atoms with Gasteiger partial charge in [-0.25, -0.2) is 9.97 Å². The number of rotatable bonds is 0. The van der Waals surface area contributed by atoms with E-state index in [1.54, 1.807) is 0 Å². The Morgan fingerprint density at radius 1 is 1.12 bits per heavy atom. The van der Waals surface area contributed by atoms with Gasteiger partial charge in [-0.2, -0.15) is 0 Å². The molecule has 1 aromatic carbocycles. The number of benzene rings is 1. The molecule has 2 aromatic rings. The number of halogens is 2. The molecule has 0 saturated heterocycles. The van der Waals surface area contributed by atoms with Gasteiger partial charge in [0.2, 0.25) is 5.28 Å². The van der Waals surface area contributed by atoms with Gasteiger partial charge in [-0.1, -0.05) is 43.7 Å². The largest absolute Gasteiger partial charge is 0.224 e. The van der Waals surface area contributed by atoms with E-state index in [-0.39, 0.29) is 10.7 Å². The van der Waals surface area contributed by atoms with Gasteiger partial charge in [-0.3, -0.25) is 0 Å². The zero-order chi connectivity index (χ0) is 12.2. The molecule has 0 radical (unpaired) electrons. The molecule has 0 bridgehead atoms. The highest BCUT2D eigenvalue weighted by Gasteiger charge is 2.28. The molecule has 0 N–H and O–H groups in total. The third kappa shape index (κ3) is 1.55. The van der Waals surface area contributed by atoms with Crippen molar-refractivity contribution in [3.8, 4) is 0 Å². The van der Waals surface area contributed by atoms with Crippen molar-refractivity contribution in [2.45, 2.75) is 19.3 Å². The summed E-state index contributed by atoms with van der Waals surface area (Å²) in [5, 5.41) is 1.45. The Kier molecular flexibility index (Phi) is 2.22. The second kappa shape index (κ2) is 3.44. The van der Waals surface area contributed by atoms with E-state index in [4.69, 9.17) is 23.2 Å². The maximum atomic E-state index is 6.10. The second-order valence-corrected chi connectivity index (χ2v) is 5.46. The lowest BCUT2D eigenvalue weighted by Gasteiger charge is -2.19. The first-order chi connectivity index (χ1) is 7.99. The van der Waals surface area contributed by atoms with Crippen LogP contribution in [0.5, 0.6) is 0 Å². The zero-order valence-electron chi connectivity index (χ0n) is 9.46. The molecule has 4 heteroatoms. The predicted octanol–water partition coefficient (Wildman–Crippen LogP) is 4.24. The maximum Gasteiger partial charge on any atom is 0.224 e. The van der Waals surface area contributed by atoms with Gasteiger partial charge in [0.1, 0.15) is 5.15 Å². The van der Waals surface area contributed by atoms with E-state index >= 15 is 0 Å². The molecule has 1 aliphatic rings. The Bertz CT molecular complexity index is 660. The Morgan fingerprint density at radius 3 is 2.65 bits per heavy atom. The van der Waals surface area contributed by atoms with Gasteiger partial charge in [-0.05, 0) is 28.8 Å². The average Bonchev–Trinajstić information content (AvgIpc) is 2.54. The Hall–Kier alpha value is -1.12. The van der Waals surface area contributed by atoms with Crippen LogP contribution in [0, 0.1) is 0 Å². The molecular weight excluding hydrogens is 255 g/mol. The normalized spacial score (nSPS) is 16.5. The van der Waals surface area contributed by atoms with E-state index < -0.39 is 0 Å². The van der Waals surface area contributed by atoms with E-state index in [1.807, 2.05) is 12.1 Å². The third-order valence-electron chi connectivity index (χ3n) is 3.15. The van der Waals surface area contributed by atoms with Crippen molar-refractivity contribution in [1.82, 2.24) is 9.97 Å². The first-order valence-electron chi connectivity index (χ1n) is 5.34. The molecule has 3 rings (SSSR count). The minimum absolute atomic E-state index is 0.0458. The highest BCUT2D eigenvalue weighted by Crippen LogP contribution is 2.40. The Balaban J connectivity index is 2.48. The number of hydrogen-bond donors (Lipinski definition) is 0. The summed E-state index contributed by atoms with van der Waals surface area (Å²) >= 11 is 12.0. The fourth-order valence-electron chi connectivity index (χ4n) is 2.35. The van der Waals surface area contributed by atoms with Gasteiger partial charge in [0.25, 0.3) is 0 Å². The molecule has 86 valence electrons. The van der Waals surface area contributed by atoms with E-state index in [1.165, 1.54) is 11.1 Å². The third-order valence-corrected chi connectivity index (χ3v) is 3.61. The van der Waals surface area contributed by atoms with Crippen molar-refractivity contribution in [2.75, 3.05) is 0 Å². The van der Waals surface area contributed by atoms with Crippen LogP contribution in [0.3, 0.4) is 0 Å². The monoisotopic (exact) mass is 264 g/mol. The van der Waals surface area contributed by atoms with Gasteiger partial charge in [0.05, 0.1) is 5.52 Å². The van der Waals surface area contributed by atoms with E-state index in [0.717, 1.165) is 10.9 Å². The fraction of sp³-hybridized carbons (Fsp3) is 0.231. The molecule has 1 heterocycles. The molecule has 0 amide bonds. The molecule has 0 aliphatic heterocycles. The van der Waals surface area contributed by atoms with Gasteiger partial charge >= 0.3 is 0 Å². The fourth-order valence-corrected chi connectivity index (χ4v) is 2.79. The summed E-state index contributed by atoms with van der Waals surface area (Å²) in [5.41, 5.74) is 3.15. The van der Waals surface area contributed by atoms with Crippen LogP contribution in [0.1, 0.15) is 25.0 Å². The number of allylic oxidation sites excluding steroid dienone is 1. The van der Waals surface area contributed by atoms with Crippen molar-refractivity contribution >= 4 is 40.2 Å². The summed E-state index contributed by atoms with van der Waals surface area (Å²) in [6.45, 7) is 4.30. The van der Waals surface area contributed by atoms with Crippen molar-refractivity contribution in [3.05, 3.63) is 39.8 Å². The molecular formula is C13H10Cl2N2. The first-order valence-corrected chi connectivity index (χ1v) is 6.10. The average molecular weight is 265 g/mol. The highest BCUT2D eigenvalue weighted by atomic mass is 35.5. The second-order valence-electron chi connectivity index (χ2n) is 4.76. The topological polar surface area (TPSA) is 25.8 Å². The number of aromatic nitrogens is 2. The minimum Gasteiger partial charge on any atom is -0.217 e. The van der Waals surface area contributed by atoms with Crippen molar-refractivity contribution in [1.29, 1.82) is 0 Å². The van der Waals surface area contributed by atoms with Crippen LogP contribution in [0.15, 0.2) is 18.2 Å². The summed E-state index contributed by atoms with van der Waals surface area (Å²) in [5.74, 6) is 0. The SMILES string of the molecule is CC1(C)C=Cc2ccc3c(Cl)nc(Cl)nc3c21. The summed E-state index contributed by atoms with van der Waals surface area (Å²) in [6, 6.07) is 3.99. The molecule has 0 atom stereocenters. The molecule has 1 aliphatic carbocycles. The molecule has 1 aromatic heterocycles. The maximum absolute atomic E-state index is 6.10. The zero-order valence-corrected chi connectivity index (χ0v) is 11.0. The van der Waals surface area contributed by atoms with Crippen LogP contribution >= 0.6 is 23.2 Å². The van der Waals surface area contributed by atoms with Crippen LogP contribution < -0.4 is 0 Å². The van der Waals surface area contributed by atoms with Crippen LogP contribution in [0.25, 0.3) is 17.0 Å². The van der Waals surface area contributed by atoms with Gasteiger partial charge in [0, 0.05) is 10.8 Å². The number of hydrogen-bond acceptors (Lipinski definition) is 2. The molecule has 0 saturated carbocycles. The molecule has 0 spiro atoms. The van der Waals surface area contributed by atoms with Gasteiger partial charge in [0.15, 0.2) is 0 Å². The van der Waals surface area contributed by atoms with Crippen molar-refractivity contribution in [2.24, 2.45) is 0 Å². The minimum atomic E-state index is -0.0458. The standard InChI is InChI=1S/C13H10Cl2N2/c1-13(2)6-5-7-3-4-8-10(9(7)13)16-12(15)17-11(8)14/h3-6H,1-2H3. The highest BCUT2D eigenvalue weighted by molar-refractivity contribution is 6.35. The number of fused-ring (bicyclic) bond motifs is 3. The van der Waals surface area contributed by atoms with E-state index in [0.29, 0.717) is 5.15 Å². The summed E-state index contributed by atoms with van der Waals surface area (Å²) in [4.78, 5) is 8.31. The van der Waals surface area contributed by atoms with E-state index in [9.17, 15) is 0 Å². The molecule has 0 unspecified atom stereocenters. The summed E-state index contributed by atoms with van der Waals surface area (Å²) < 4.78 is 0. The van der Waals surface area contributed by atoms with Crippen molar-refractivity contribution in [3.63, 3.8) is 0 Å². The lowest BCUT2D eigenvalue weighted by molar-refractivity contribution is 0.688. The van der Waals surface area contributed by atoms with Crippen LogP contribution in [-0.2, 0) is 5.41 Å². The van der Waals surface area contributed by atoms with E-state index in [2.05, 4.69) is 36.0 Å². The number of nitrogens with zero attached hydrogens (tertiary/aromatic N) is 2.